The monoisotopic (exact) mass is 434 g/mol. The van der Waals surface area contributed by atoms with E-state index in [1.807, 2.05) is 43.1 Å². The maximum Gasteiger partial charge on any atom is 0.254 e. The number of carbonyl (C=O) groups is 1. The molecule has 1 saturated heterocycles. The van der Waals surface area contributed by atoms with E-state index in [2.05, 4.69) is 17.1 Å². The third-order valence-corrected chi connectivity index (χ3v) is 6.14. The van der Waals surface area contributed by atoms with Crippen molar-refractivity contribution >= 4 is 5.91 Å². The van der Waals surface area contributed by atoms with Gasteiger partial charge >= 0.3 is 0 Å². The lowest BCUT2D eigenvalue weighted by Crippen LogP contribution is -2.39. The number of amides is 1. The lowest BCUT2D eigenvalue weighted by atomic mass is 9.94. The Hall–Kier alpha value is -3.22. The Morgan fingerprint density at radius 2 is 2.12 bits per heavy atom. The topological polar surface area (TPSA) is 81.4 Å². The van der Waals surface area contributed by atoms with Gasteiger partial charge in [-0.3, -0.25) is 4.79 Å². The molecule has 1 fully saturated rings. The van der Waals surface area contributed by atoms with Crippen LogP contribution in [0.15, 0.2) is 35.0 Å². The molecule has 1 atom stereocenters. The summed E-state index contributed by atoms with van der Waals surface area (Å²) in [5.74, 6) is 2.13. The zero-order valence-corrected chi connectivity index (χ0v) is 19.2. The quantitative estimate of drug-likeness (QED) is 0.538. The number of carbonyl (C=O) groups excluding carboxylic acids is 1. The third-order valence-electron chi connectivity index (χ3n) is 6.14. The Balaban J connectivity index is 1.79. The average Bonchev–Trinajstić information content (AvgIpc) is 3.16. The van der Waals surface area contributed by atoms with Crippen molar-refractivity contribution in [3.05, 3.63) is 58.8 Å². The SMILES string of the molecule is CCCc1ncc(-c2onc(C)c2C)c(C2CCCCN2C(=O)c2cccc(OC)c2)n1. The van der Waals surface area contributed by atoms with Gasteiger partial charge in [-0.1, -0.05) is 18.1 Å². The number of aromatic nitrogens is 3. The number of methoxy groups -OCH3 is 1. The molecule has 2 aromatic heterocycles. The summed E-state index contributed by atoms with van der Waals surface area (Å²) in [6.07, 6.45) is 6.43. The molecule has 3 aromatic rings. The van der Waals surface area contributed by atoms with Crippen molar-refractivity contribution in [1.29, 1.82) is 0 Å². The van der Waals surface area contributed by atoms with E-state index in [1.165, 1.54) is 0 Å². The fourth-order valence-corrected chi connectivity index (χ4v) is 4.25. The summed E-state index contributed by atoms with van der Waals surface area (Å²) in [4.78, 5) is 25.1. The third kappa shape index (κ3) is 4.24. The summed E-state index contributed by atoms with van der Waals surface area (Å²) in [5, 5.41) is 4.13. The van der Waals surface area contributed by atoms with Crippen LogP contribution in [-0.4, -0.2) is 39.6 Å². The van der Waals surface area contributed by atoms with Crippen molar-refractivity contribution in [1.82, 2.24) is 20.0 Å². The molecule has 1 amide bonds. The van der Waals surface area contributed by atoms with E-state index < -0.39 is 0 Å². The molecule has 7 nitrogen and oxygen atoms in total. The van der Waals surface area contributed by atoms with E-state index >= 15 is 0 Å². The molecule has 0 radical (unpaired) electrons. The van der Waals surface area contributed by atoms with Crippen molar-refractivity contribution in [2.24, 2.45) is 0 Å². The first kappa shape index (κ1) is 22.0. The minimum Gasteiger partial charge on any atom is -0.497 e. The largest absolute Gasteiger partial charge is 0.497 e. The number of likely N-dealkylation sites (tertiary alicyclic amines) is 1. The number of benzene rings is 1. The van der Waals surface area contributed by atoms with E-state index in [-0.39, 0.29) is 11.9 Å². The first-order valence-electron chi connectivity index (χ1n) is 11.3. The molecule has 0 saturated carbocycles. The number of aryl methyl sites for hydroxylation is 2. The number of hydrogen-bond acceptors (Lipinski definition) is 6. The van der Waals surface area contributed by atoms with Gasteiger partial charge in [-0.2, -0.15) is 0 Å². The standard InChI is InChI=1S/C25H30N4O3/c1-5-9-22-26-15-20(24-16(2)17(3)28-32-24)23(27-22)21-12-6-7-13-29(21)25(30)18-10-8-11-19(14-18)31-4/h8,10-11,14-15,21H,5-7,9,12-13H2,1-4H3. The molecule has 168 valence electrons. The minimum absolute atomic E-state index is 0.0133. The van der Waals surface area contributed by atoms with Gasteiger partial charge in [0.2, 0.25) is 0 Å². The lowest BCUT2D eigenvalue weighted by molar-refractivity contribution is 0.0605. The maximum absolute atomic E-state index is 13.6. The van der Waals surface area contributed by atoms with Crippen molar-refractivity contribution in [3.63, 3.8) is 0 Å². The molecule has 0 spiro atoms. The van der Waals surface area contributed by atoms with E-state index in [1.54, 1.807) is 13.2 Å². The molecule has 1 unspecified atom stereocenters. The van der Waals surface area contributed by atoms with Gasteiger partial charge in [-0.05, 0) is 57.7 Å². The summed E-state index contributed by atoms with van der Waals surface area (Å²) in [6.45, 7) is 6.71. The molecule has 1 aromatic carbocycles. The predicted molar refractivity (Wildman–Crippen MR) is 122 cm³/mol. The van der Waals surface area contributed by atoms with Crippen molar-refractivity contribution in [2.75, 3.05) is 13.7 Å². The molecule has 1 aliphatic rings. The summed E-state index contributed by atoms with van der Waals surface area (Å²) in [7, 11) is 1.61. The van der Waals surface area contributed by atoms with Gasteiger partial charge in [0.25, 0.3) is 5.91 Å². The Labute approximate surface area is 188 Å². The molecule has 1 aliphatic heterocycles. The van der Waals surface area contributed by atoms with E-state index in [0.717, 1.165) is 60.4 Å². The summed E-state index contributed by atoms with van der Waals surface area (Å²) in [6, 6.07) is 7.17. The zero-order chi connectivity index (χ0) is 22.7. The molecular formula is C25H30N4O3. The second-order valence-electron chi connectivity index (χ2n) is 8.30. The van der Waals surface area contributed by atoms with Crippen LogP contribution in [0.4, 0.5) is 0 Å². The molecule has 0 N–H and O–H groups in total. The van der Waals surface area contributed by atoms with Gasteiger partial charge in [0.15, 0.2) is 5.76 Å². The first-order valence-corrected chi connectivity index (χ1v) is 11.3. The maximum atomic E-state index is 13.6. The highest BCUT2D eigenvalue weighted by molar-refractivity contribution is 5.95. The lowest BCUT2D eigenvalue weighted by Gasteiger charge is -2.36. The van der Waals surface area contributed by atoms with Crippen LogP contribution in [-0.2, 0) is 6.42 Å². The Kier molecular flexibility index (Phi) is 6.53. The van der Waals surface area contributed by atoms with E-state index in [0.29, 0.717) is 23.6 Å². The van der Waals surface area contributed by atoms with Crippen LogP contribution >= 0.6 is 0 Å². The number of nitrogens with zero attached hydrogens (tertiary/aromatic N) is 4. The zero-order valence-electron chi connectivity index (χ0n) is 19.2. The molecular weight excluding hydrogens is 404 g/mol. The Morgan fingerprint density at radius 3 is 2.84 bits per heavy atom. The van der Waals surface area contributed by atoms with Crippen LogP contribution in [0.2, 0.25) is 0 Å². The smallest absolute Gasteiger partial charge is 0.254 e. The average molecular weight is 435 g/mol. The predicted octanol–water partition coefficient (Wildman–Crippen LogP) is 5.08. The van der Waals surface area contributed by atoms with Gasteiger partial charge in [0.1, 0.15) is 11.6 Å². The van der Waals surface area contributed by atoms with Gasteiger partial charge < -0.3 is 14.2 Å². The van der Waals surface area contributed by atoms with Crippen molar-refractivity contribution in [2.45, 2.75) is 58.9 Å². The van der Waals surface area contributed by atoms with E-state index in [9.17, 15) is 4.79 Å². The molecule has 4 rings (SSSR count). The Bertz CT molecular complexity index is 1110. The summed E-state index contributed by atoms with van der Waals surface area (Å²) in [5.41, 5.74) is 4.10. The van der Waals surface area contributed by atoms with Crippen LogP contribution in [0.1, 0.15) is 71.8 Å². The van der Waals surface area contributed by atoms with Crippen LogP contribution < -0.4 is 4.74 Å². The molecule has 0 bridgehead atoms. The number of ether oxygens (including phenoxy) is 1. The molecule has 0 aliphatic carbocycles. The van der Waals surface area contributed by atoms with Crippen LogP contribution in [0.5, 0.6) is 5.75 Å². The van der Waals surface area contributed by atoms with Gasteiger partial charge in [0.05, 0.1) is 30.1 Å². The highest BCUT2D eigenvalue weighted by Crippen LogP contribution is 2.38. The second kappa shape index (κ2) is 9.51. The van der Waals surface area contributed by atoms with Gasteiger partial charge in [-0.25, -0.2) is 9.97 Å². The highest BCUT2D eigenvalue weighted by Gasteiger charge is 2.33. The normalized spacial score (nSPS) is 16.2. The fourth-order valence-electron chi connectivity index (χ4n) is 4.25. The molecule has 32 heavy (non-hydrogen) atoms. The molecule has 3 heterocycles. The minimum atomic E-state index is -0.152. The second-order valence-corrected chi connectivity index (χ2v) is 8.30. The van der Waals surface area contributed by atoms with Crippen molar-refractivity contribution in [3.8, 4) is 17.1 Å². The number of rotatable bonds is 6. The van der Waals surface area contributed by atoms with Crippen LogP contribution in [0, 0.1) is 13.8 Å². The van der Waals surface area contributed by atoms with Crippen LogP contribution in [0.25, 0.3) is 11.3 Å². The highest BCUT2D eigenvalue weighted by atomic mass is 16.5. The summed E-state index contributed by atoms with van der Waals surface area (Å²) >= 11 is 0. The fraction of sp³-hybridized carbons (Fsp3) is 0.440. The molecule has 7 heteroatoms. The van der Waals surface area contributed by atoms with Crippen LogP contribution in [0.3, 0.4) is 0 Å². The van der Waals surface area contributed by atoms with E-state index in [4.69, 9.17) is 14.2 Å². The Morgan fingerprint density at radius 1 is 1.28 bits per heavy atom. The number of piperidine rings is 1. The number of hydrogen-bond donors (Lipinski definition) is 0. The summed E-state index contributed by atoms with van der Waals surface area (Å²) < 4.78 is 11.0. The van der Waals surface area contributed by atoms with Crippen molar-refractivity contribution < 1.29 is 14.1 Å². The van der Waals surface area contributed by atoms with Gasteiger partial charge in [-0.15, -0.1) is 0 Å². The van der Waals surface area contributed by atoms with Gasteiger partial charge in [0, 0.05) is 30.3 Å². The first-order chi connectivity index (χ1) is 15.5.